The van der Waals surface area contributed by atoms with Crippen molar-refractivity contribution in [2.45, 2.75) is 6.42 Å². The lowest BCUT2D eigenvalue weighted by atomic mass is 10.1. The number of nitrogens with one attached hydrogen (secondary N) is 1. The molecule has 0 fully saturated rings. The van der Waals surface area contributed by atoms with Crippen LogP contribution in [0.15, 0.2) is 24.3 Å². The maximum Gasteiger partial charge on any atom is 0.406 e. The van der Waals surface area contributed by atoms with Gasteiger partial charge in [0.15, 0.2) is 0 Å². The molecule has 0 aliphatic heterocycles. The predicted octanol–water partition coefficient (Wildman–Crippen LogP) is 0.986. The van der Waals surface area contributed by atoms with Crippen LogP contribution in [0.5, 0.6) is 0 Å². The van der Waals surface area contributed by atoms with Crippen molar-refractivity contribution in [2.24, 2.45) is 0 Å². The molecule has 0 saturated carbocycles. The van der Waals surface area contributed by atoms with Gasteiger partial charge in [0, 0.05) is 19.6 Å². The Morgan fingerprint density at radius 1 is 1.33 bits per heavy atom. The quantitative estimate of drug-likeness (QED) is 0.813. The topological polar surface area (TPSA) is 75.7 Å². The van der Waals surface area contributed by atoms with Crippen molar-refractivity contribution in [1.82, 2.24) is 9.62 Å². The van der Waals surface area contributed by atoms with Gasteiger partial charge in [0.05, 0.1) is 13.4 Å². The molecule has 1 N–H and O–H groups in total. The second-order valence-electron chi connectivity index (χ2n) is 4.42. The molecule has 0 spiro atoms. The number of carbonyl (C=O) groups is 1. The van der Waals surface area contributed by atoms with E-state index in [2.05, 4.69) is 10.1 Å². The van der Waals surface area contributed by atoms with Gasteiger partial charge >= 0.3 is 6.09 Å². The minimum Gasteiger partial charge on any atom is -0.453 e. The van der Waals surface area contributed by atoms with E-state index in [1.54, 1.807) is 18.2 Å². The summed E-state index contributed by atoms with van der Waals surface area (Å²) in [4.78, 5) is 10.9. The lowest BCUT2D eigenvalue weighted by Gasteiger charge is -2.20. The molecule has 0 heterocycles. The standard InChI is InChI=1S/C13H19FN2O4S/c1-20-13(17)15-8-10-16(21(2,18)19)9-7-11-5-3-4-6-12(11)14/h3-6H,7-10H2,1-2H3,(H,15,17). The molecule has 1 aromatic rings. The van der Waals surface area contributed by atoms with Gasteiger partial charge in [-0.15, -0.1) is 0 Å². The van der Waals surface area contributed by atoms with Crippen LogP contribution in [0.2, 0.25) is 0 Å². The molecule has 1 aromatic carbocycles. The van der Waals surface area contributed by atoms with Crippen molar-refractivity contribution in [3.05, 3.63) is 35.6 Å². The number of ether oxygens (including phenoxy) is 1. The molecular formula is C13H19FN2O4S. The second-order valence-corrected chi connectivity index (χ2v) is 6.40. The molecule has 0 bridgehead atoms. The molecule has 0 aromatic heterocycles. The summed E-state index contributed by atoms with van der Waals surface area (Å²) in [5.41, 5.74) is 0.451. The largest absolute Gasteiger partial charge is 0.453 e. The zero-order valence-electron chi connectivity index (χ0n) is 12.0. The van der Waals surface area contributed by atoms with E-state index in [1.807, 2.05) is 0 Å². The fourth-order valence-electron chi connectivity index (χ4n) is 1.74. The molecule has 6 nitrogen and oxygen atoms in total. The Balaban J connectivity index is 2.59. The highest BCUT2D eigenvalue weighted by Gasteiger charge is 2.17. The predicted molar refractivity (Wildman–Crippen MR) is 76.9 cm³/mol. The molecule has 1 rings (SSSR count). The van der Waals surface area contributed by atoms with Gasteiger partial charge in [-0.3, -0.25) is 0 Å². The van der Waals surface area contributed by atoms with Gasteiger partial charge in [-0.25, -0.2) is 21.9 Å². The fraction of sp³-hybridized carbons (Fsp3) is 0.462. The minimum atomic E-state index is -3.43. The first-order chi connectivity index (χ1) is 9.84. The Morgan fingerprint density at radius 2 is 2.00 bits per heavy atom. The lowest BCUT2D eigenvalue weighted by molar-refractivity contribution is 0.170. The molecular weight excluding hydrogens is 299 g/mol. The number of alkyl carbamates (subject to hydrolysis) is 1. The maximum atomic E-state index is 13.5. The van der Waals surface area contributed by atoms with Crippen LogP contribution in [0.4, 0.5) is 9.18 Å². The van der Waals surface area contributed by atoms with Gasteiger partial charge in [-0.1, -0.05) is 18.2 Å². The Kier molecular flexibility index (Phi) is 6.57. The maximum absolute atomic E-state index is 13.5. The van der Waals surface area contributed by atoms with Crippen molar-refractivity contribution < 1.29 is 22.3 Å². The summed E-state index contributed by atoms with van der Waals surface area (Å²) >= 11 is 0. The highest BCUT2D eigenvalue weighted by Crippen LogP contribution is 2.09. The third kappa shape index (κ3) is 6.09. The number of amides is 1. The SMILES string of the molecule is COC(=O)NCCN(CCc1ccccc1F)S(C)(=O)=O. The molecule has 1 amide bonds. The number of rotatable bonds is 7. The van der Waals surface area contributed by atoms with Crippen LogP contribution in [0.1, 0.15) is 5.56 Å². The van der Waals surface area contributed by atoms with Crippen LogP contribution in [-0.4, -0.2) is 51.8 Å². The van der Waals surface area contributed by atoms with Gasteiger partial charge < -0.3 is 10.1 Å². The molecule has 118 valence electrons. The summed E-state index contributed by atoms with van der Waals surface area (Å²) < 4.78 is 42.4. The van der Waals surface area contributed by atoms with Crippen LogP contribution in [-0.2, 0) is 21.2 Å². The number of halogens is 1. The first-order valence-electron chi connectivity index (χ1n) is 6.35. The van der Waals surface area contributed by atoms with Crippen molar-refractivity contribution in [3.8, 4) is 0 Å². The van der Waals surface area contributed by atoms with Gasteiger partial charge in [0.25, 0.3) is 0 Å². The molecule has 21 heavy (non-hydrogen) atoms. The van der Waals surface area contributed by atoms with Gasteiger partial charge in [-0.2, -0.15) is 0 Å². The molecule has 0 aliphatic carbocycles. The van der Waals surface area contributed by atoms with Crippen molar-refractivity contribution in [2.75, 3.05) is 33.0 Å². The summed E-state index contributed by atoms with van der Waals surface area (Å²) in [5, 5.41) is 2.40. The van der Waals surface area contributed by atoms with E-state index < -0.39 is 16.1 Å². The Labute approximate surface area is 123 Å². The zero-order valence-corrected chi connectivity index (χ0v) is 12.8. The van der Waals surface area contributed by atoms with Gasteiger partial charge in [0.1, 0.15) is 5.82 Å². The number of carbonyl (C=O) groups excluding carboxylic acids is 1. The van der Waals surface area contributed by atoms with E-state index in [4.69, 9.17) is 0 Å². The number of hydrogen-bond donors (Lipinski definition) is 1. The number of hydrogen-bond acceptors (Lipinski definition) is 4. The summed E-state index contributed by atoms with van der Waals surface area (Å²) in [5.74, 6) is -0.362. The Bertz CT molecular complexity index is 577. The van der Waals surface area contributed by atoms with E-state index in [-0.39, 0.29) is 31.9 Å². The van der Waals surface area contributed by atoms with Crippen molar-refractivity contribution >= 4 is 16.1 Å². The number of nitrogens with zero attached hydrogens (tertiary/aromatic N) is 1. The van der Waals surface area contributed by atoms with Crippen LogP contribution in [0.25, 0.3) is 0 Å². The monoisotopic (exact) mass is 318 g/mol. The molecule has 0 unspecified atom stereocenters. The lowest BCUT2D eigenvalue weighted by Crippen LogP contribution is -2.39. The summed E-state index contributed by atoms with van der Waals surface area (Å²) in [7, 11) is -2.21. The van der Waals surface area contributed by atoms with Crippen LogP contribution < -0.4 is 5.32 Å². The summed E-state index contributed by atoms with van der Waals surface area (Å²) in [6, 6.07) is 6.22. The van der Waals surface area contributed by atoms with Crippen molar-refractivity contribution in [1.29, 1.82) is 0 Å². The number of sulfonamides is 1. The zero-order chi connectivity index (χ0) is 15.9. The van der Waals surface area contributed by atoms with E-state index in [0.717, 1.165) is 6.26 Å². The van der Waals surface area contributed by atoms with E-state index >= 15 is 0 Å². The first kappa shape index (κ1) is 17.4. The minimum absolute atomic E-state index is 0.0996. The summed E-state index contributed by atoms with van der Waals surface area (Å²) in [6.07, 6.45) is 0.710. The highest BCUT2D eigenvalue weighted by molar-refractivity contribution is 7.88. The number of methoxy groups -OCH3 is 1. The summed E-state index contributed by atoms with van der Waals surface area (Å²) in [6.45, 7) is 0.363. The molecule has 0 saturated heterocycles. The molecule has 8 heteroatoms. The van der Waals surface area contributed by atoms with E-state index in [9.17, 15) is 17.6 Å². The van der Waals surface area contributed by atoms with Crippen LogP contribution in [0.3, 0.4) is 0 Å². The van der Waals surface area contributed by atoms with E-state index in [0.29, 0.717) is 5.56 Å². The smallest absolute Gasteiger partial charge is 0.406 e. The third-order valence-corrected chi connectivity index (χ3v) is 4.18. The number of benzene rings is 1. The second kappa shape index (κ2) is 7.94. The average molecular weight is 318 g/mol. The third-order valence-electron chi connectivity index (χ3n) is 2.87. The fourth-order valence-corrected chi connectivity index (χ4v) is 2.59. The van der Waals surface area contributed by atoms with Gasteiger partial charge in [-0.05, 0) is 18.1 Å². The Hall–Kier alpha value is -1.67. The van der Waals surface area contributed by atoms with E-state index in [1.165, 1.54) is 17.5 Å². The average Bonchev–Trinajstić information content (AvgIpc) is 2.42. The van der Waals surface area contributed by atoms with Crippen LogP contribution >= 0.6 is 0 Å². The molecule has 0 aliphatic rings. The Morgan fingerprint density at radius 3 is 2.57 bits per heavy atom. The van der Waals surface area contributed by atoms with Crippen molar-refractivity contribution in [3.63, 3.8) is 0 Å². The molecule has 0 atom stereocenters. The first-order valence-corrected chi connectivity index (χ1v) is 8.19. The van der Waals surface area contributed by atoms with Crippen LogP contribution in [0, 0.1) is 5.82 Å². The normalized spacial score (nSPS) is 11.4. The highest BCUT2D eigenvalue weighted by atomic mass is 32.2. The molecule has 0 radical (unpaired) electrons. The van der Waals surface area contributed by atoms with Gasteiger partial charge in [0.2, 0.25) is 10.0 Å².